The summed E-state index contributed by atoms with van der Waals surface area (Å²) in [6, 6.07) is 1.68. The molecule has 0 radical (unpaired) electrons. The number of amides is 1. The minimum Gasteiger partial charge on any atom is -0.396 e. The molecule has 2 heterocycles. The Morgan fingerprint density at radius 1 is 1.67 bits per heavy atom. The van der Waals surface area contributed by atoms with E-state index in [-0.39, 0.29) is 11.6 Å². The summed E-state index contributed by atoms with van der Waals surface area (Å²) in [5, 5.41) is 12.7. The second kappa shape index (κ2) is 3.45. The van der Waals surface area contributed by atoms with E-state index < -0.39 is 0 Å². The molecule has 0 atom stereocenters. The van der Waals surface area contributed by atoms with Crippen LogP contribution in [-0.4, -0.2) is 25.9 Å². The third kappa shape index (κ3) is 1.66. The minimum atomic E-state index is -0.339. The van der Waals surface area contributed by atoms with Crippen molar-refractivity contribution >= 4 is 17.4 Å². The van der Waals surface area contributed by atoms with Crippen LogP contribution in [-0.2, 0) is 7.05 Å². The predicted octanol–water partition coefficient (Wildman–Crippen LogP) is -0.0223. The summed E-state index contributed by atoms with van der Waals surface area (Å²) in [5.41, 5.74) is 6.09. The van der Waals surface area contributed by atoms with Crippen LogP contribution < -0.4 is 11.1 Å². The number of nitrogens with zero attached hydrogens (tertiary/aromatic N) is 3. The van der Waals surface area contributed by atoms with Gasteiger partial charge in [0.05, 0.1) is 18.1 Å². The Morgan fingerprint density at radius 3 is 3.00 bits per heavy atom. The highest BCUT2D eigenvalue weighted by molar-refractivity contribution is 6.05. The number of hydrogen-bond donors (Lipinski definition) is 3. The molecule has 0 aliphatic carbocycles. The number of aromatic amines is 1. The molecule has 0 aliphatic heterocycles. The normalized spacial score (nSPS) is 10.2. The van der Waals surface area contributed by atoms with Gasteiger partial charge in [-0.05, 0) is 0 Å². The van der Waals surface area contributed by atoms with Gasteiger partial charge in [0, 0.05) is 13.1 Å². The quantitative estimate of drug-likeness (QED) is 0.642. The number of nitrogen functional groups attached to an aromatic ring is 1. The molecule has 0 aromatic carbocycles. The summed E-state index contributed by atoms with van der Waals surface area (Å²) < 4.78 is 1.55. The van der Waals surface area contributed by atoms with Crippen molar-refractivity contribution in [1.29, 1.82) is 0 Å². The van der Waals surface area contributed by atoms with Crippen LogP contribution in [0, 0.1) is 0 Å². The zero-order valence-corrected chi connectivity index (χ0v) is 8.06. The number of nitrogens with one attached hydrogen (secondary N) is 2. The van der Waals surface area contributed by atoms with Crippen molar-refractivity contribution in [1.82, 2.24) is 20.0 Å². The van der Waals surface area contributed by atoms with E-state index in [2.05, 4.69) is 20.6 Å². The Kier molecular flexibility index (Phi) is 2.13. The molecule has 7 heteroatoms. The molecular formula is C8H10N6O. The van der Waals surface area contributed by atoms with Gasteiger partial charge in [-0.25, -0.2) is 0 Å². The van der Waals surface area contributed by atoms with E-state index in [4.69, 9.17) is 5.73 Å². The van der Waals surface area contributed by atoms with Crippen molar-refractivity contribution in [3.8, 4) is 0 Å². The highest BCUT2D eigenvalue weighted by Gasteiger charge is 2.12. The largest absolute Gasteiger partial charge is 0.396 e. The maximum atomic E-state index is 11.6. The fourth-order valence-corrected chi connectivity index (χ4v) is 1.15. The van der Waals surface area contributed by atoms with Crippen LogP contribution in [0.2, 0.25) is 0 Å². The van der Waals surface area contributed by atoms with Gasteiger partial charge < -0.3 is 11.1 Å². The first-order chi connectivity index (χ1) is 7.18. The van der Waals surface area contributed by atoms with Crippen molar-refractivity contribution in [3.05, 3.63) is 24.2 Å². The average Bonchev–Trinajstić information content (AvgIpc) is 2.76. The van der Waals surface area contributed by atoms with Crippen LogP contribution >= 0.6 is 0 Å². The SMILES string of the molecule is Cn1nccc1NC(=O)c1[nH]ncc1N. The Hall–Kier alpha value is -2.31. The molecule has 2 aromatic rings. The van der Waals surface area contributed by atoms with Crippen molar-refractivity contribution in [2.75, 3.05) is 11.1 Å². The molecule has 15 heavy (non-hydrogen) atoms. The van der Waals surface area contributed by atoms with Crippen LogP contribution in [0.25, 0.3) is 0 Å². The summed E-state index contributed by atoms with van der Waals surface area (Å²) in [7, 11) is 1.73. The monoisotopic (exact) mass is 206 g/mol. The number of carbonyl (C=O) groups is 1. The first-order valence-electron chi connectivity index (χ1n) is 4.26. The third-order valence-corrected chi connectivity index (χ3v) is 1.96. The number of aryl methyl sites for hydroxylation is 1. The van der Waals surface area contributed by atoms with E-state index in [1.165, 1.54) is 6.20 Å². The fourth-order valence-electron chi connectivity index (χ4n) is 1.15. The van der Waals surface area contributed by atoms with E-state index in [9.17, 15) is 4.79 Å². The molecule has 0 aliphatic rings. The second-order valence-corrected chi connectivity index (χ2v) is 2.99. The Morgan fingerprint density at radius 2 is 2.47 bits per heavy atom. The molecule has 0 fully saturated rings. The van der Waals surface area contributed by atoms with Crippen LogP contribution in [0.3, 0.4) is 0 Å². The molecule has 1 amide bonds. The molecule has 78 valence electrons. The lowest BCUT2D eigenvalue weighted by Crippen LogP contribution is -2.16. The highest BCUT2D eigenvalue weighted by Crippen LogP contribution is 2.10. The van der Waals surface area contributed by atoms with E-state index in [0.717, 1.165) is 0 Å². The molecular weight excluding hydrogens is 196 g/mol. The van der Waals surface area contributed by atoms with Crippen LogP contribution in [0.5, 0.6) is 0 Å². The average molecular weight is 206 g/mol. The van der Waals surface area contributed by atoms with Gasteiger partial charge in [0.2, 0.25) is 0 Å². The number of anilines is 2. The topological polar surface area (TPSA) is 102 Å². The zero-order chi connectivity index (χ0) is 10.8. The summed E-state index contributed by atoms with van der Waals surface area (Å²) in [5.74, 6) is 0.252. The molecule has 4 N–H and O–H groups in total. The maximum absolute atomic E-state index is 11.6. The zero-order valence-electron chi connectivity index (χ0n) is 8.06. The molecule has 0 spiro atoms. The van der Waals surface area contributed by atoms with Gasteiger partial charge in [-0.15, -0.1) is 0 Å². The van der Waals surface area contributed by atoms with Gasteiger partial charge in [-0.1, -0.05) is 0 Å². The molecule has 7 nitrogen and oxygen atoms in total. The molecule has 0 saturated heterocycles. The maximum Gasteiger partial charge on any atom is 0.276 e. The Labute approximate surface area is 85.3 Å². The smallest absolute Gasteiger partial charge is 0.276 e. The third-order valence-electron chi connectivity index (χ3n) is 1.96. The van der Waals surface area contributed by atoms with E-state index in [0.29, 0.717) is 11.5 Å². The number of nitrogens with two attached hydrogens (primary N) is 1. The number of rotatable bonds is 2. The lowest BCUT2D eigenvalue weighted by molar-refractivity contribution is 0.102. The van der Waals surface area contributed by atoms with Gasteiger partial charge in [0.1, 0.15) is 11.5 Å². The highest BCUT2D eigenvalue weighted by atomic mass is 16.2. The standard InChI is InChI=1S/C8H10N6O/c1-14-6(2-3-11-14)12-8(15)7-5(9)4-10-13-7/h2-4H,9H2,1H3,(H,10,13)(H,12,15). The van der Waals surface area contributed by atoms with Gasteiger partial charge >= 0.3 is 0 Å². The van der Waals surface area contributed by atoms with Gasteiger partial charge in [0.25, 0.3) is 5.91 Å². The van der Waals surface area contributed by atoms with Crippen LogP contribution in [0.15, 0.2) is 18.5 Å². The molecule has 0 bridgehead atoms. The van der Waals surface area contributed by atoms with Crippen LogP contribution in [0.4, 0.5) is 11.5 Å². The number of H-pyrrole nitrogens is 1. The molecule has 0 unspecified atom stereocenters. The fraction of sp³-hybridized carbons (Fsp3) is 0.125. The van der Waals surface area contributed by atoms with E-state index in [1.807, 2.05) is 0 Å². The predicted molar refractivity (Wildman–Crippen MR) is 54.2 cm³/mol. The summed E-state index contributed by atoms with van der Waals surface area (Å²) >= 11 is 0. The number of hydrogen-bond acceptors (Lipinski definition) is 4. The van der Waals surface area contributed by atoms with Crippen molar-refractivity contribution in [2.24, 2.45) is 7.05 Å². The van der Waals surface area contributed by atoms with E-state index >= 15 is 0 Å². The Balaban J connectivity index is 2.18. The first kappa shape index (κ1) is 9.25. The van der Waals surface area contributed by atoms with E-state index in [1.54, 1.807) is 24.0 Å². The lowest BCUT2D eigenvalue weighted by atomic mass is 10.3. The van der Waals surface area contributed by atoms with Crippen molar-refractivity contribution < 1.29 is 4.79 Å². The molecule has 0 saturated carbocycles. The lowest BCUT2D eigenvalue weighted by Gasteiger charge is -2.03. The first-order valence-corrected chi connectivity index (χ1v) is 4.26. The number of carbonyl (C=O) groups excluding carboxylic acids is 1. The van der Waals surface area contributed by atoms with Gasteiger partial charge in [-0.2, -0.15) is 10.2 Å². The van der Waals surface area contributed by atoms with Gasteiger partial charge in [0.15, 0.2) is 0 Å². The van der Waals surface area contributed by atoms with Crippen molar-refractivity contribution in [3.63, 3.8) is 0 Å². The molecule has 2 rings (SSSR count). The van der Waals surface area contributed by atoms with Crippen LogP contribution in [0.1, 0.15) is 10.5 Å². The molecule has 2 aromatic heterocycles. The second-order valence-electron chi connectivity index (χ2n) is 2.99. The minimum absolute atomic E-state index is 0.246. The Bertz CT molecular complexity index is 485. The summed E-state index contributed by atoms with van der Waals surface area (Å²) in [4.78, 5) is 11.6. The van der Waals surface area contributed by atoms with Crippen molar-refractivity contribution in [2.45, 2.75) is 0 Å². The summed E-state index contributed by atoms with van der Waals surface area (Å²) in [6.07, 6.45) is 2.98. The van der Waals surface area contributed by atoms with Gasteiger partial charge in [-0.3, -0.25) is 14.6 Å². The summed E-state index contributed by atoms with van der Waals surface area (Å²) in [6.45, 7) is 0. The number of aromatic nitrogens is 4.